The minimum absolute atomic E-state index is 0.565. The Bertz CT molecular complexity index is 1470. The molecule has 43 heavy (non-hydrogen) atoms. The second-order valence-corrected chi connectivity index (χ2v) is 10.3. The first kappa shape index (κ1) is 28.0. The van der Waals surface area contributed by atoms with E-state index in [1.807, 2.05) is 116 Å². The fraction of sp³-hybridized carbons (Fsp3) is 0.176. The van der Waals surface area contributed by atoms with Gasteiger partial charge in [0.05, 0.1) is 35.9 Å². The van der Waals surface area contributed by atoms with Gasteiger partial charge in [0.25, 0.3) is 0 Å². The highest BCUT2D eigenvalue weighted by atomic mass is 15.3. The van der Waals surface area contributed by atoms with E-state index in [1.165, 1.54) is 0 Å². The molecule has 9 nitrogen and oxygen atoms in total. The summed E-state index contributed by atoms with van der Waals surface area (Å²) in [7, 11) is 0. The van der Waals surface area contributed by atoms with Crippen LogP contribution in [0.2, 0.25) is 0 Å². The fourth-order valence-electron chi connectivity index (χ4n) is 5.05. The lowest BCUT2D eigenvalue weighted by Crippen LogP contribution is -2.27. The van der Waals surface area contributed by atoms with Crippen LogP contribution in [0.25, 0.3) is 5.69 Å². The predicted octanol–water partition coefficient (Wildman–Crippen LogP) is 5.25. The van der Waals surface area contributed by atoms with Gasteiger partial charge < -0.3 is 0 Å². The van der Waals surface area contributed by atoms with Gasteiger partial charge in [0.1, 0.15) is 0 Å². The third-order valence-electron chi connectivity index (χ3n) is 6.99. The van der Waals surface area contributed by atoms with Gasteiger partial charge in [-0.25, -0.2) is 0 Å². The van der Waals surface area contributed by atoms with E-state index in [0.29, 0.717) is 39.3 Å². The number of aromatic nitrogens is 7. The van der Waals surface area contributed by atoms with Crippen molar-refractivity contribution in [2.75, 3.05) is 0 Å². The number of hydrogen-bond acceptors (Lipinski definition) is 8. The summed E-state index contributed by atoms with van der Waals surface area (Å²) in [5.74, 6) is 1.70. The molecule has 0 aliphatic heterocycles. The zero-order valence-corrected chi connectivity index (χ0v) is 23.9. The summed E-state index contributed by atoms with van der Waals surface area (Å²) >= 11 is 0. The Morgan fingerprint density at radius 1 is 0.395 bits per heavy atom. The molecular formula is C34H33N9. The van der Waals surface area contributed by atoms with E-state index in [-0.39, 0.29) is 0 Å². The molecule has 0 aliphatic rings. The summed E-state index contributed by atoms with van der Waals surface area (Å²) in [6.07, 6.45) is 7.32. The second kappa shape index (κ2) is 14.2. The van der Waals surface area contributed by atoms with Gasteiger partial charge in [-0.1, -0.05) is 42.5 Å². The highest BCUT2D eigenvalue weighted by Gasteiger charge is 2.21. The zero-order chi connectivity index (χ0) is 29.1. The molecule has 0 aliphatic carbocycles. The molecule has 9 heteroatoms. The Labute approximate surface area is 251 Å². The quantitative estimate of drug-likeness (QED) is 0.187. The average Bonchev–Trinajstić information content (AvgIpc) is 3.44. The lowest BCUT2D eigenvalue weighted by atomic mass is 10.2. The third-order valence-corrected chi connectivity index (χ3v) is 6.99. The van der Waals surface area contributed by atoms with Gasteiger partial charge in [-0.3, -0.25) is 34.3 Å². The Hall–Kier alpha value is -5.12. The molecule has 0 radical (unpaired) electrons. The van der Waals surface area contributed by atoms with Crippen molar-refractivity contribution in [1.29, 1.82) is 0 Å². The summed E-state index contributed by atoms with van der Waals surface area (Å²) in [6.45, 7) is 3.74. The van der Waals surface area contributed by atoms with Crippen molar-refractivity contribution in [3.63, 3.8) is 0 Å². The summed E-state index contributed by atoms with van der Waals surface area (Å²) in [5, 5.41) is 9.51. The minimum atomic E-state index is 0.565. The topological polar surface area (TPSA) is 88.8 Å². The van der Waals surface area contributed by atoms with Crippen LogP contribution >= 0.6 is 0 Å². The van der Waals surface area contributed by atoms with Crippen LogP contribution in [-0.2, 0) is 39.3 Å². The second-order valence-electron chi connectivity index (χ2n) is 10.3. The first-order chi connectivity index (χ1) is 21.3. The van der Waals surface area contributed by atoms with E-state index in [4.69, 9.17) is 10.2 Å². The summed E-state index contributed by atoms with van der Waals surface area (Å²) in [4.78, 5) is 22.9. The van der Waals surface area contributed by atoms with Crippen LogP contribution in [0, 0.1) is 0 Å². The van der Waals surface area contributed by atoms with Crippen molar-refractivity contribution in [1.82, 2.24) is 44.5 Å². The molecule has 0 amide bonds. The molecular weight excluding hydrogens is 534 g/mol. The van der Waals surface area contributed by atoms with Gasteiger partial charge >= 0.3 is 0 Å². The van der Waals surface area contributed by atoms with Gasteiger partial charge in [-0.2, -0.15) is 0 Å². The van der Waals surface area contributed by atoms with Crippen molar-refractivity contribution < 1.29 is 0 Å². The molecule has 0 fully saturated rings. The molecule has 1 aromatic carbocycles. The number of pyridine rings is 4. The lowest BCUT2D eigenvalue weighted by molar-refractivity contribution is 0.228. The van der Waals surface area contributed by atoms with Crippen LogP contribution in [0.15, 0.2) is 128 Å². The van der Waals surface area contributed by atoms with E-state index >= 15 is 0 Å². The highest BCUT2D eigenvalue weighted by molar-refractivity contribution is 5.34. The number of hydrogen-bond donors (Lipinski definition) is 0. The standard InChI is InChI=1S/C34H33N9/c1-2-16-32(17-3-1)43-33(26-41(22-28-12-4-8-18-35-28)23-29-13-5-9-19-36-29)39-40-34(43)27-42(24-30-14-6-10-20-37-30)25-31-15-7-11-21-38-31/h1-21H,22-27H2. The summed E-state index contributed by atoms with van der Waals surface area (Å²) in [6, 6.07) is 34.3. The molecule has 0 N–H and O–H groups in total. The third kappa shape index (κ3) is 7.79. The normalized spacial score (nSPS) is 11.3. The predicted molar refractivity (Wildman–Crippen MR) is 164 cm³/mol. The molecule has 0 saturated heterocycles. The van der Waals surface area contributed by atoms with E-state index in [2.05, 4.69) is 46.4 Å². The van der Waals surface area contributed by atoms with Crippen LogP contribution in [-0.4, -0.2) is 44.5 Å². The summed E-state index contributed by atoms with van der Waals surface area (Å²) < 4.78 is 2.17. The number of para-hydroxylation sites is 1. The van der Waals surface area contributed by atoms with Crippen LogP contribution in [0.3, 0.4) is 0 Å². The van der Waals surface area contributed by atoms with Crippen LogP contribution in [0.4, 0.5) is 0 Å². The number of benzene rings is 1. The minimum Gasteiger partial charge on any atom is -0.284 e. The zero-order valence-electron chi connectivity index (χ0n) is 23.9. The van der Waals surface area contributed by atoms with Crippen molar-refractivity contribution in [3.8, 4) is 5.69 Å². The van der Waals surface area contributed by atoms with E-state index in [0.717, 1.165) is 40.1 Å². The van der Waals surface area contributed by atoms with Crippen molar-refractivity contribution in [2.24, 2.45) is 0 Å². The maximum atomic E-state index is 4.76. The molecule has 5 heterocycles. The van der Waals surface area contributed by atoms with Crippen LogP contribution in [0.5, 0.6) is 0 Å². The SMILES string of the molecule is c1ccc(-n2c(CN(Cc3ccccn3)Cc3ccccn3)nnc2CN(Cc2ccccn2)Cc2ccccn2)cc1. The van der Waals surface area contributed by atoms with Gasteiger partial charge in [-0.15, -0.1) is 10.2 Å². The van der Waals surface area contributed by atoms with E-state index in [9.17, 15) is 0 Å². The van der Waals surface area contributed by atoms with Crippen LogP contribution < -0.4 is 0 Å². The Morgan fingerprint density at radius 3 is 1.07 bits per heavy atom. The van der Waals surface area contributed by atoms with Crippen molar-refractivity contribution >= 4 is 0 Å². The molecule has 214 valence electrons. The molecule has 0 atom stereocenters. The van der Waals surface area contributed by atoms with Gasteiger partial charge in [-0.05, 0) is 60.7 Å². The summed E-state index contributed by atoms with van der Waals surface area (Å²) in [5.41, 5.74) is 4.97. The van der Waals surface area contributed by atoms with Crippen molar-refractivity contribution in [3.05, 3.63) is 162 Å². The number of nitrogens with zero attached hydrogens (tertiary/aromatic N) is 9. The smallest absolute Gasteiger partial charge is 0.151 e. The van der Waals surface area contributed by atoms with Gasteiger partial charge in [0.2, 0.25) is 0 Å². The van der Waals surface area contributed by atoms with Crippen molar-refractivity contribution in [2.45, 2.75) is 39.3 Å². The van der Waals surface area contributed by atoms with Gasteiger partial charge in [0, 0.05) is 56.7 Å². The molecule has 6 aromatic rings. The Balaban J connectivity index is 1.32. The maximum absolute atomic E-state index is 4.76. The number of rotatable bonds is 13. The first-order valence-corrected chi connectivity index (χ1v) is 14.3. The molecule has 0 bridgehead atoms. The largest absolute Gasteiger partial charge is 0.284 e. The molecule has 5 aromatic heterocycles. The molecule has 0 unspecified atom stereocenters. The van der Waals surface area contributed by atoms with Crippen LogP contribution in [0.1, 0.15) is 34.4 Å². The monoisotopic (exact) mass is 567 g/mol. The Morgan fingerprint density at radius 2 is 0.744 bits per heavy atom. The maximum Gasteiger partial charge on any atom is 0.151 e. The Kier molecular flexibility index (Phi) is 9.24. The molecule has 0 spiro atoms. The fourth-order valence-corrected chi connectivity index (χ4v) is 5.05. The van der Waals surface area contributed by atoms with E-state index < -0.39 is 0 Å². The molecule has 6 rings (SSSR count). The lowest BCUT2D eigenvalue weighted by Gasteiger charge is -2.23. The van der Waals surface area contributed by atoms with Gasteiger partial charge in [0.15, 0.2) is 11.6 Å². The van der Waals surface area contributed by atoms with E-state index in [1.54, 1.807) is 0 Å². The first-order valence-electron chi connectivity index (χ1n) is 14.3. The highest BCUT2D eigenvalue weighted by Crippen LogP contribution is 2.20. The average molecular weight is 568 g/mol. The molecule has 0 saturated carbocycles.